The molecule has 0 heterocycles. The zero-order valence-electron chi connectivity index (χ0n) is 10.6. The van der Waals surface area contributed by atoms with Gasteiger partial charge in [0, 0.05) is 23.6 Å². The summed E-state index contributed by atoms with van der Waals surface area (Å²) in [7, 11) is 0. The van der Waals surface area contributed by atoms with Crippen LogP contribution < -0.4 is 10.6 Å². The number of anilines is 3. The van der Waals surface area contributed by atoms with E-state index in [9.17, 15) is 4.39 Å². The van der Waals surface area contributed by atoms with Crippen LogP contribution in [-0.2, 0) is 0 Å². The Morgan fingerprint density at radius 3 is 2.58 bits per heavy atom. The number of nitrogens with two attached hydrogens (primary N) is 1. The van der Waals surface area contributed by atoms with Crippen molar-refractivity contribution in [1.29, 1.82) is 5.26 Å². The Morgan fingerprint density at radius 2 is 1.95 bits per heavy atom. The van der Waals surface area contributed by atoms with Crippen molar-refractivity contribution in [3.63, 3.8) is 0 Å². The number of rotatable bonds is 3. The van der Waals surface area contributed by atoms with E-state index in [0.717, 1.165) is 11.4 Å². The predicted octanol–water partition coefficient (Wildman–Crippen LogP) is 3.44. The first kappa shape index (κ1) is 12.9. The monoisotopic (exact) mass is 255 g/mol. The number of nitrogen functional groups attached to an aromatic ring is 1. The SMILES string of the molecule is CCN(c1cccc(F)c1)c1ccc(N)c(C#N)c1. The van der Waals surface area contributed by atoms with Crippen molar-refractivity contribution in [3.8, 4) is 6.07 Å². The van der Waals surface area contributed by atoms with E-state index in [-0.39, 0.29) is 5.82 Å². The van der Waals surface area contributed by atoms with Crippen LogP contribution in [0.25, 0.3) is 0 Å². The maximum atomic E-state index is 13.3. The maximum Gasteiger partial charge on any atom is 0.125 e. The third-order valence-corrected chi connectivity index (χ3v) is 2.91. The number of hydrogen-bond acceptors (Lipinski definition) is 3. The van der Waals surface area contributed by atoms with Crippen molar-refractivity contribution in [3.05, 3.63) is 53.8 Å². The Labute approximate surface area is 111 Å². The highest BCUT2D eigenvalue weighted by Crippen LogP contribution is 2.28. The molecule has 2 aromatic rings. The average Bonchev–Trinajstić information content (AvgIpc) is 2.41. The molecule has 0 saturated carbocycles. The molecule has 96 valence electrons. The van der Waals surface area contributed by atoms with Gasteiger partial charge in [0.1, 0.15) is 11.9 Å². The van der Waals surface area contributed by atoms with Crippen LogP contribution in [0, 0.1) is 17.1 Å². The molecule has 0 fully saturated rings. The summed E-state index contributed by atoms with van der Waals surface area (Å²) in [4.78, 5) is 1.92. The summed E-state index contributed by atoms with van der Waals surface area (Å²) >= 11 is 0. The second-order valence-corrected chi connectivity index (χ2v) is 4.11. The van der Waals surface area contributed by atoms with Gasteiger partial charge in [-0.05, 0) is 43.3 Å². The first-order valence-corrected chi connectivity index (χ1v) is 5.98. The molecule has 0 saturated heterocycles. The van der Waals surface area contributed by atoms with Gasteiger partial charge in [-0.1, -0.05) is 6.07 Å². The standard InChI is InChI=1S/C15H14FN3/c1-2-19(13-5-3-4-12(16)9-13)14-6-7-15(18)11(8-14)10-17/h3-9H,2,18H2,1H3. The van der Waals surface area contributed by atoms with Crippen molar-refractivity contribution in [1.82, 2.24) is 0 Å². The van der Waals surface area contributed by atoms with Gasteiger partial charge in [-0.3, -0.25) is 0 Å². The molecule has 2 rings (SSSR count). The fourth-order valence-electron chi connectivity index (χ4n) is 1.97. The highest BCUT2D eigenvalue weighted by Gasteiger charge is 2.10. The van der Waals surface area contributed by atoms with Crippen LogP contribution in [0.15, 0.2) is 42.5 Å². The van der Waals surface area contributed by atoms with Gasteiger partial charge in [-0.15, -0.1) is 0 Å². The quantitative estimate of drug-likeness (QED) is 0.855. The van der Waals surface area contributed by atoms with Crippen LogP contribution in [0.4, 0.5) is 21.5 Å². The highest BCUT2D eigenvalue weighted by molar-refractivity contribution is 5.69. The van der Waals surface area contributed by atoms with E-state index in [4.69, 9.17) is 11.0 Å². The number of hydrogen-bond donors (Lipinski definition) is 1. The lowest BCUT2D eigenvalue weighted by Crippen LogP contribution is -2.16. The summed E-state index contributed by atoms with van der Waals surface area (Å²) in [6.45, 7) is 2.63. The van der Waals surface area contributed by atoms with Gasteiger partial charge < -0.3 is 10.6 Å². The third-order valence-electron chi connectivity index (χ3n) is 2.91. The Bertz CT molecular complexity index is 632. The average molecular weight is 255 g/mol. The van der Waals surface area contributed by atoms with E-state index in [1.54, 1.807) is 18.2 Å². The van der Waals surface area contributed by atoms with Crippen LogP contribution >= 0.6 is 0 Å². The van der Waals surface area contributed by atoms with Crippen molar-refractivity contribution in [2.24, 2.45) is 0 Å². The van der Waals surface area contributed by atoms with Gasteiger partial charge in [0.2, 0.25) is 0 Å². The fraction of sp³-hybridized carbons (Fsp3) is 0.133. The molecule has 0 aliphatic carbocycles. The lowest BCUT2D eigenvalue weighted by molar-refractivity contribution is 0.627. The highest BCUT2D eigenvalue weighted by atomic mass is 19.1. The molecule has 4 heteroatoms. The van der Waals surface area contributed by atoms with Gasteiger partial charge in [0.05, 0.1) is 5.56 Å². The van der Waals surface area contributed by atoms with Crippen LogP contribution in [0.1, 0.15) is 12.5 Å². The van der Waals surface area contributed by atoms with Crippen molar-refractivity contribution in [2.45, 2.75) is 6.92 Å². The van der Waals surface area contributed by atoms with Gasteiger partial charge in [-0.2, -0.15) is 5.26 Å². The zero-order chi connectivity index (χ0) is 13.8. The van der Waals surface area contributed by atoms with Crippen molar-refractivity contribution in [2.75, 3.05) is 17.2 Å². The predicted molar refractivity (Wildman–Crippen MR) is 74.6 cm³/mol. The first-order valence-electron chi connectivity index (χ1n) is 5.98. The zero-order valence-corrected chi connectivity index (χ0v) is 10.6. The van der Waals surface area contributed by atoms with Crippen LogP contribution in [0.3, 0.4) is 0 Å². The summed E-state index contributed by atoms with van der Waals surface area (Å²) in [6.07, 6.45) is 0. The fourth-order valence-corrected chi connectivity index (χ4v) is 1.97. The molecule has 2 aromatic carbocycles. The summed E-state index contributed by atoms with van der Waals surface area (Å²) in [5, 5.41) is 9.00. The molecule has 0 atom stereocenters. The van der Waals surface area contributed by atoms with Crippen LogP contribution in [-0.4, -0.2) is 6.54 Å². The molecule has 0 aromatic heterocycles. The maximum absolute atomic E-state index is 13.3. The van der Waals surface area contributed by atoms with Crippen LogP contribution in [0.2, 0.25) is 0 Å². The van der Waals surface area contributed by atoms with Gasteiger partial charge >= 0.3 is 0 Å². The molecule has 0 radical (unpaired) electrons. The Morgan fingerprint density at radius 1 is 1.21 bits per heavy atom. The second kappa shape index (κ2) is 5.40. The smallest absolute Gasteiger partial charge is 0.125 e. The Kier molecular flexibility index (Phi) is 3.67. The minimum atomic E-state index is -0.285. The number of benzene rings is 2. The molecule has 0 bridgehead atoms. The lowest BCUT2D eigenvalue weighted by Gasteiger charge is -2.23. The Balaban J connectivity index is 2.46. The topological polar surface area (TPSA) is 53.0 Å². The van der Waals surface area contributed by atoms with Gasteiger partial charge in [0.15, 0.2) is 0 Å². The molecule has 0 aliphatic heterocycles. The molecule has 2 N–H and O–H groups in total. The summed E-state index contributed by atoms with van der Waals surface area (Å²) in [5.74, 6) is -0.285. The largest absolute Gasteiger partial charge is 0.398 e. The molecule has 0 aliphatic rings. The van der Waals surface area contributed by atoms with E-state index in [1.807, 2.05) is 24.0 Å². The van der Waals surface area contributed by atoms with E-state index in [0.29, 0.717) is 17.8 Å². The van der Waals surface area contributed by atoms with E-state index >= 15 is 0 Å². The summed E-state index contributed by atoms with van der Waals surface area (Å²) in [6, 6.07) is 13.6. The third kappa shape index (κ3) is 2.66. The minimum absolute atomic E-state index is 0.285. The second-order valence-electron chi connectivity index (χ2n) is 4.11. The van der Waals surface area contributed by atoms with E-state index in [2.05, 4.69) is 6.07 Å². The summed E-state index contributed by atoms with van der Waals surface area (Å²) < 4.78 is 13.3. The number of halogens is 1. The normalized spacial score (nSPS) is 9.95. The summed E-state index contributed by atoms with van der Waals surface area (Å²) in [5.41, 5.74) is 8.14. The van der Waals surface area contributed by atoms with E-state index < -0.39 is 0 Å². The molecule has 0 unspecified atom stereocenters. The number of nitriles is 1. The molecular weight excluding hydrogens is 241 g/mol. The number of nitrogens with zero attached hydrogens (tertiary/aromatic N) is 2. The van der Waals surface area contributed by atoms with Crippen molar-refractivity contribution >= 4 is 17.1 Å². The molecule has 0 amide bonds. The molecule has 19 heavy (non-hydrogen) atoms. The van der Waals surface area contributed by atoms with E-state index in [1.165, 1.54) is 12.1 Å². The molecule has 0 spiro atoms. The minimum Gasteiger partial charge on any atom is -0.398 e. The molecular formula is C15H14FN3. The van der Waals surface area contributed by atoms with Gasteiger partial charge in [-0.25, -0.2) is 4.39 Å². The first-order chi connectivity index (χ1) is 9.15. The van der Waals surface area contributed by atoms with Gasteiger partial charge in [0.25, 0.3) is 0 Å². The van der Waals surface area contributed by atoms with Crippen LogP contribution in [0.5, 0.6) is 0 Å². The van der Waals surface area contributed by atoms with Crippen molar-refractivity contribution < 1.29 is 4.39 Å². The Hall–Kier alpha value is -2.54. The molecule has 3 nitrogen and oxygen atoms in total. The lowest BCUT2D eigenvalue weighted by atomic mass is 10.1.